The minimum absolute atomic E-state index is 0.104. The molecule has 1 aliphatic heterocycles. The molecule has 4 nitrogen and oxygen atoms in total. The van der Waals surface area contributed by atoms with Crippen molar-refractivity contribution in [1.29, 1.82) is 0 Å². The van der Waals surface area contributed by atoms with Crippen molar-refractivity contribution in [1.82, 2.24) is 4.90 Å². The number of esters is 1. The number of carbonyl (C=O) groups excluding carboxylic acids is 1. The first-order valence-corrected chi connectivity index (χ1v) is 7.78. The van der Waals surface area contributed by atoms with Crippen molar-refractivity contribution < 1.29 is 14.3 Å². The third-order valence-corrected chi connectivity index (χ3v) is 3.98. The molecule has 1 fully saturated rings. The van der Waals surface area contributed by atoms with Crippen molar-refractivity contribution in [3.63, 3.8) is 0 Å². The van der Waals surface area contributed by atoms with Gasteiger partial charge in [-0.1, -0.05) is 24.6 Å². The Balaban J connectivity index is 1.71. The fourth-order valence-corrected chi connectivity index (χ4v) is 2.84. The Labute approximate surface area is 127 Å². The lowest BCUT2D eigenvalue weighted by Crippen LogP contribution is -2.41. The van der Waals surface area contributed by atoms with Crippen molar-refractivity contribution in [3.05, 3.63) is 30.3 Å². The standard InChI is InChI=1S/C17H25NO3/c1-20-17(19)14-15-8-5-6-11-18(15)12-7-13-21-16-9-3-2-4-10-16/h2-4,9-10,15H,5-8,11-14H2,1H3. The van der Waals surface area contributed by atoms with E-state index in [-0.39, 0.29) is 5.97 Å². The molecule has 0 bridgehead atoms. The Kier molecular flexibility index (Phi) is 6.54. The van der Waals surface area contributed by atoms with Crippen molar-refractivity contribution in [2.75, 3.05) is 26.8 Å². The number of hydrogen-bond acceptors (Lipinski definition) is 4. The van der Waals surface area contributed by atoms with E-state index in [1.54, 1.807) is 0 Å². The lowest BCUT2D eigenvalue weighted by atomic mass is 9.99. The molecule has 1 aromatic rings. The van der Waals surface area contributed by atoms with E-state index < -0.39 is 0 Å². The molecule has 1 atom stereocenters. The van der Waals surface area contributed by atoms with Gasteiger partial charge in [0.15, 0.2) is 0 Å². The van der Waals surface area contributed by atoms with Crippen LogP contribution in [0, 0.1) is 0 Å². The van der Waals surface area contributed by atoms with E-state index in [0.717, 1.165) is 31.7 Å². The van der Waals surface area contributed by atoms with E-state index in [1.165, 1.54) is 20.0 Å². The highest BCUT2D eigenvalue weighted by Crippen LogP contribution is 2.20. The van der Waals surface area contributed by atoms with Crippen LogP contribution < -0.4 is 4.74 Å². The second kappa shape index (κ2) is 8.67. The van der Waals surface area contributed by atoms with E-state index in [1.807, 2.05) is 30.3 Å². The van der Waals surface area contributed by atoms with Crippen LogP contribution in [0.5, 0.6) is 5.75 Å². The lowest BCUT2D eigenvalue weighted by Gasteiger charge is -2.35. The van der Waals surface area contributed by atoms with E-state index in [4.69, 9.17) is 9.47 Å². The van der Waals surface area contributed by atoms with Crippen molar-refractivity contribution in [2.24, 2.45) is 0 Å². The van der Waals surface area contributed by atoms with Crippen LogP contribution in [-0.2, 0) is 9.53 Å². The Morgan fingerprint density at radius 2 is 2.10 bits per heavy atom. The van der Waals surface area contributed by atoms with Gasteiger partial charge in [0.2, 0.25) is 0 Å². The summed E-state index contributed by atoms with van der Waals surface area (Å²) in [6.07, 6.45) is 5.01. The number of piperidine rings is 1. The molecular formula is C17H25NO3. The molecule has 2 rings (SSSR count). The molecule has 4 heteroatoms. The molecule has 21 heavy (non-hydrogen) atoms. The zero-order valence-corrected chi connectivity index (χ0v) is 12.8. The molecule has 1 aromatic carbocycles. The second-order valence-corrected chi connectivity index (χ2v) is 5.48. The molecule has 116 valence electrons. The van der Waals surface area contributed by atoms with Crippen LogP contribution in [0.1, 0.15) is 32.1 Å². The molecule has 1 aliphatic rings. The Bertz CT molecular complexity index is 421. The molecule has 1 unspecified atom stereocenters. The quantitative estimate of drug-likeness (QED) is 0.572. The topological polar surface area (TPSA) is 38.8 Å². The number of methoxy groups -OCH3 is 1. The zero-order chi connectivity index (χ0) is 14.9. The zero-order valence-electron chi connectivity index (χ0n) is 12.8. The van der Waals surface area contributed by atoms with Gasteiger partial charge in [-0.25, -0.2) is 0 Å². The van der Waals surface area contributed by atoms with Gasteiger partial charge in [0.1, 0.15) is 5.75 Å². The van der Waals surface area contributed by atoms with E-state index in [9.17, 15) is 4.79 Å². The van der Waals surface area contributed by atoms with Crippen LogP contribution >= 0.6 is 0 Å². The first kappa shape index (κ1) is 15.8. The van der Waals surface area contributed by atoms with Gasteiger partial charge in [-0.3, -0.25) is 9.69 Å². The summed E-state index contributed by atoms with van der Waals surface area (Å²) in [6, 6.07) is 10.2. The number of nitrogens with zero attached hydrogens (tertiary/aromatic N) is 1. The normalized spacial score (nSPS) is 19.2. The first-order valence-electron chi connectivity index (χ1n) is 7.78. The highest BCUT2D eigenvalue weighted by atomic mass is 16.5. The van der Waals surface area contributed by atoms with E-state index in [0.29, 0.717) is 19.1 Å². The minimum atomic E-state index is -0.104. The predicted molar refractivity (Wildman–Crippen MR) is 82.4 cm³/mol. The summed E-state index contributed by atoms with van der Waals surface area (Å²) >= 11 is 0. The minimum Gasteiger partial charge on any atom is -0.494 e. The van der Waals surface area contributed by atoms with Crippen LogP contribution in [0.3, 0.4) is 0 Å². The highest BCUT2D eigenvalue weighted by molar-refractivity contribution is 5.69. The maximum Gasteiger partial charge on any atom is 0.307 e. The van der Waals surface area contributed by atoms with Gasteiger partial charge < -0.3 is 9.47 Å². The Morgan fingerprint density at radius 1 is 1.29 bits per heavy atom. The van der Waals surface area contributed by atoms with Gasteiger partial charge in [-0.2, -0.15) is 0 Å². The summed E-state index contributed by atoms with van der Waals surface area (Å²) in [4.78, 5) is 13.9. The van der Waals surface area contributed by atoms with Gasteiger partial charge in [-0.15, -0.1) is 0 Å². The third kappa shape index (κ3) is 5.38. The molecular weight excluding hydrogens is 266 g/mol. The molecule has 0 N–H and O–H groups in total. The monoisotopic (exact) mass is 291 g/mol. The fraction of sp³-hybridized carbons (Fsp3) is 0.588. The molecule has 0 saturated carbocycles. The van der Waals surface area contributed by atoms with Gasteiger partial charge in [0.05, 0.1) is 20.1 Å². The van der Waals surface area contributed by atoms with Gasteiger partial charge in [0.25, 0.3) is 0 Å². The van der Waals surface area contributed by atoms with Gasteiger partial charge >= 0.3 is 5.97 Å². The highest BCUT2D eigenvalue weighted by Gasteiger charge is 2.24. The number of benzene rings is 1. The van der Waals surface area contributed by atoms with Crippen molar-refractivity contribution >= 4 is 5.97 Å². The number of para-hydroxylation sites is 1. The van der Waals surface area contributed by atoms with E-state index in [2.05, 4.69) is 4.90 Å². The van der Waals surface area contributed by atoms with Crippen LogP contribution in [0.2, 0.25) is 0 Å². The first-order chi connectivity index (χ1) is 10.3. The number of carbonyl (C=O) groups is 1. The molecule has 1 heterocycles. The average Bonchev–Trinajstić information content (AvgIpc) is 2.54. The summed E-state index contributed by atoms with van der Waals surface area (Å²) in [5.74, 6) is 0.815. The van der Waals surface area contributed by atoms with Crippen LogP contribution in [0.4, 0.5) is 0 Å². The van der Waals surface area contributed by atoms with Crippen molar-refractivity contribution in [3.8, 4) is 5.75 Å². The average molecular weight is 291 g/mol. The third-order valence-electron chi connectivity index (χ3n) is 3.98. The lowest BCUT2D eigenvalue weighted by molar-refractivity contribution is -0.142. The van der Waals surface area contributed by atoms with Crippen LogP contribution in [-0.4, -0.2) is 43.7 Å². The summed E-state index contributed by atoms with van der Waals surface area (Å²) in [5.41, 5.74) is 0. The number of likely N-dealkylation sites (tertiary alicyclic amines) is 1. The van der Waals surface area contributed by atoms with Gasteiger partial charge in [0, 0.05) is 12.6 Å². The summed E-state index contributed by atoms with van der Waals surface area (Å²) in [7, 11) is 1.46. The molecule has 0 radical (unpaired) electrons. The Morgan fingerprint density at radius 3 is 2.86 bits per heavy atom. The summed E-state index contributed by atoms with van der Waals surface area (Å²) < 4.78 is 10.5. The van der Waals surface area contributed by atoms with Crippen LogP contribution in [0.15, 0.2) is 30.3 Å². The van der Waals surface area contributed by atoms with Crippen molar-refractivity contribution in [2.45, 2.75) is 38.1 Å². The molecule has 0 aromatic heterocycles. The molecule has 0 aliphatic carbocycles. The fourth-order valence-electron chi connectivity index (χ4n) is 2.84. The smallest absolute Gasteiger partial charge is 0.307 e. The summed E-state index contributed by atoms with van der Waals surface area (Å²) in [6.45, 7) is 2.77. The maximum absolute atomic E-state index is 11.5. The van der Waals surface area contributed by atoms with Crippen LogP contribution in [0.25, 0.3) is 0 Å². The number of ether oxygens (including phenoxy) is 2. The van der Waals surface area contributed by atoms with E-state index >= 15 is 0 Å². The molecule has 1 saturated heterocycles. The largest absolute Gasteiger partial charge is 0.494 e. The maximum atomic E-state index is 11.5. The number of rotatable bonds is 7. The Hall–Kier alpha value is -1.55. The number of hydrogen-bond donors (Lipinski definition) is 0. The molecule has 0 spiro atoms. The second-order valence-electron chi connectivity index (χ2n) is 5.48. The van der Waals surface area contributed by atoms with Gasteiger partial charge in [-0.05, 0) is 37.9 Å². The predicted octanol–water partition coefficient (Wildman–Crippen LogP) is 2.87. The SMILES string of the molecule is COC(=O)CC1CCCCN1CCCOc1ccccc1. The molecule has 0 amide bonds. The summed E-state index contributed by atoms with van der Waals surface area (Å²) in [5, 5.41) is 0.